The number of likely N-dealkylation sites (tertiary alicyclic amines) is 1. The first kappa shape index (κ1) is 15.8. The second-order valence-electron chi connectivity index (χ2n) is 5.70. The third-order valence-electron chi connectivity index (χ3n) is 4.04. The molecule has 0 bridgehead atoms. The molecule has 0 aromatic carbocycles. The van der Waals surface area contributed by atoms with Crippen LogP contribution in [0.4, 0.5) is 0 Å². The van der Waals surface area contributed by atoms with Crippen molar-refractivity contribution in [3.05, 3.63) is 21.6 Å². The summed E-state index contributed by atoms with van der Waals surface area (Å²) in [6, 6.07) is 0. The maximum Gasteiger partial charge on any atom is 0.267 e. The highest BCUT2D eigenvalue weighted by Gasteiger charge is 2.19. The van der Waals surface area contributed by atoms with Gasteiger partial charge in [-0.05, 0) is 32.2 Å². The lowest BCUT2D eigenvalue weighted by atomic mass is 9.99. The third-order valence-corrected chi connectivity index (χ3v) is 4.04. The van der Waals surface area contributed by atoms with E-state index in [1.165, 1.54) is 0 Å². The molecule has 21 heavy (non-hydrogen) atoms. The molecule has 1 aliphatic rings. The van der Waals surface area contributed by atoms with E-state index in [9.17, 15) is 14.7 Å². The van der Waals surface area contributed by atoms with Crippen molar-refractivity contribution in [1.29, 1.82) is 0 Å². The number of aromatic amines is 2. The fraction of sp³-hybridized carbons (Fsp3) is 0.714. The number of aliphatic hydroxyl groups excluding tert-OH is 1. The predicted molar refractivity (Wildman–Crippen MR) is 79.1 cm³/mol. The van der Waals surface area contributed by atoms with Gasteiger partial charge in [0.05, 0.1) is 6.42 Å². The topological polar surface area (TPSA) is 101 Å². The fourth-order valence-electron chi connectivity index (χ4n) is 2.76. The minimum absolute atomic E-state index is 0.101. The van der Waals surface area contributed by atoms with E-state index in [-0.39, 0.29) is 24.5 Å². The molecular formula is C14H24N4O3. The van der Waals surface area contributed by atoms with Crippen molar-refractivity contribution >= 4 is 5.91 Å². The Morgan fingerprint density at radius 2 is 2.29 bits per heavy atom. The van der Waals surface area contributed by atoms with Crippen molar-refractivity contribution in [1.82, 2.24) is 20.4 Å². The van der Waals surface area contributed by atoms with Crippen molar-refractivity contribution in [2.75, 3.05) is 32.8 Å². The quantitative estimate of drug-likeness (QED) is 0.561. The molecule has 0 unspecified atom stereocenters. The molecule has 0 aliphatic carbocycles. The van der Waals surface area contributed by atoms with Crippen molar-refractivity contribution in [3.8, 4) is 0 Å². The number of nitrogens with one attached hydrogen (secondary N) is 3. The molecule has 1 amide bonds. The number of aryl methyl sites for hydroxylation is 1. The number of H-pyrrole nitrogens is 2. The number of aromatic nitrogens is 2. The highest BCUT2D eigenvalue weighted by Crippen LogP contribution is 2.14. The molecule has 118 valence electrons. The van der Waals surface area contributed by atoms with Gasteiger partial charge in [0.15, 0.2) is 0 Å². The predicted octanol–water partition coefficient (Wildman–Crippen LogP) is -0.626. The Labute approximate surface area is 123 Å². The van der Waals surface area contributed by atoms with Crippen molar-refractivity contribution < 1.29 is 9.90 Å². The van der Waals surface area contributed by atoms with Crippen LogP contribution in [0.25, 0.3) is 0 Å². The van der Waals surface area contributed by atoms with Crippen LogP contribution in [0.15, 0.2) is 4.79 Å². The van der Waals surface area contributed by atoms with Crippen LogP contribution in [0.3, 0.4) is 0 Å². The normalized spacial score (nSPS) is 19.6. The monoisotopic (exact) mass is 296 g/mol. The van der Waals surface area contributed by atoms with Gasteiger partial charge in [-0.25, -0.2) is 0 Å². The van der Waals surface area contributed by atoms with Crippen LogP contribution in [0.5, 0.6) is 0 Å². The average molecular weight is 296 g/mol. The van der Waals surface area contributed by atoms with Crippen LogP contribution in [-0.4, -0.2) is 58.9 Å². The third kappa shape index (κ3) is 4.44. The molecule has 1 saturated heterocycles. The first-order chi connectivity index (χ1) is 10.1. The lowest BCUT2D eigenvalue weighted by Crippen LogP contribution is -2.41. The molecule has 0 spiro atoms. The maximum absolute atomic E-state index is 11.8. The minimum Gasteiger partial charge on any atom is -0.396 e. The smallest absolute Gasteiger partial charge is 0.267 e. The van der Waals surface area contributed by atoms with E-state index in [0.717, 1.165) is 32.5 Å². The van der Waals surface area contributed by atoms with Crippen LogP contribution >= 0.6 is 0 Å². The van der Waals surface area contributed by atoms with Crippen molar-refractivity contribution in [2.24, 2.45) is 5.92 Å². The van der Waals surface area contributed by atoms with E-state index in [4.69, 9.17) is 0 Å². The fourth-order valence-corrected chi connectivity index (χ4v) is 2.76. The Hall–Kier alpha value is -1.60. The van der Waals surface area contributed by atoms with E-state index >= 15 is 0 Å². The first-order valence-electron chi connectivity index (χ1n) is 7.46. The summed E-state index contributed by atoms with van der Waals surface area (Å²) < 4.78 is 0. The molecule has 4 N–H and O–H groups in total. The molecule has 7 heteroatoms. The van der Waals surface area contributed by atoms with Crippen LogP contribution < -0.4 is 10.9 Å². The number of hydrogen-bond donors (Lipinski definition) is 4. The van der Waals surface area contributed by atoms with Gasteiger partial charge in [0.25, 0.3) is 5.56 Å². The van der Waals surface area contributed by atoms with E-state index in [1.807, 2.05) is 0 Å². The van der Waals surface area contributed by atoms with Gasteiger partial charge < -0.3 is 20.4 Å². The summed E-state index contributed by atoms with van der Waals surface area (Å²) in [6.45, 7) is 5.26. The summed E-state index contributed by atoms with van der Waals surface area (Å²) in [4.78, 5) is 25.6. The number of rotatable bonds is 6. The Balaban J connectivity index is 1.71. The summed E-state index contributed by atoms with van der Waals surface area (Å²) in [5.74, 6) is 0.217. The summed E-state index contributed by atoms with van der Waals surface area (Å²) in [6.07, 6.45) is 2.27. The van der Waals surface area contributed by atoms with Crippen LogP contribution in [0.2, 0.25) is 0 Å². The zero-order valence-electron chi connectivity index (χ0n) is 12.4. The van der Waals surface area contributed by atoms with Crippen molar-refractivity contribution in [3.63, 3.8) is 0 Å². The Bertz CT molecular complexity index is 523. The molecule has 1 aromatic rings. The van der Waals surface area contributed by atoms with E-state index in [1.54, 1.807) is 6.92 Å². The first-order valence-corrected chi connectivity index (χ1v) is 7.46. The van der Waals surface area contributed by atoms with E-state index in [0.29, 0.717) is 23.7 Å². The lowest BCUT2D eigenvalue weighted by molar-refractivity contribution is -0.120. The molecule has 7 nitrogen and oxygen atoms in total. The standard InChI is InChI=1S/C14H24N4O3/c1-10-12(14(21)17-16-10)7-13(20)15-4-6-18-5-2-3-11(8-18)9-19/h11,19H,2-9H2,1H3,(H,15,20)(H2,16,17,21)/t11-/m1/s1. The number of aliphatic hydroxyl groups is 1. The number of carbonyl (C=O) groups is 1. The Morgan fingerprint density at radius 1 is 1.48 bits per heavy atom. The Morgan fingerprint density at radius 3 is 2.95 bits per heavy atom. The summed E-state index contributed by atoms with van der Waals surface area (Å²) >= 11 is 0. The number of amides is 1. The second-order valence-corrected chi connectivity index (χ2v) is 5.70. The van der Waals surface area contributed by atoms with Gasteiger partial charge in [-0.15, -0.1) is 0 Å². The zero-order chi connectivity index (χ0) is 15.2. The number of hydrogen-bond acceptors (Lipinski definition) is 4. The van der Waals surface area contributed by atoms with E-state index in [2.05, 4.69) is 20.4 Å². The highest BCUT2D eigenvalue weighted by molar-refractivity contribution is 5.78. The van der Waals surface area contributed by atoms with Gasteiger partial charge in [-0.3, -0.25) is 14.7 Å². The van der Waals surface area contributed by atoms with Crippen LogP contribution in [0, 0.1) is 12.8 Å². The van der Waals surface area contributed by atoms with Crippen LogP contribution in [-0.2, 0) is 11.2 Å². The molecule has 0 radical (unpaired) electrons. The maximum atomic E-state index is 11.8. The van der Waals surface area contributed by atoms with Gasteiger partial charge in [0.2, 0.25) is 5.91 Å². The van der Waals surface area contributed by atoms with Gasteiger partial charge in [-0.1, -0.05) is 0 Å². The largest absolute Gasteiger partial charge is 0.396 e. The second kappa shape index (κ2) is 7.42. The number of piperidine rings is 1. The van der Waals surface area contributed by atoms with Gasteiger partial charge in [0, 0.05) is 37.5 Å². The molecule has 1 aromatic heterocycles. The van der Waals surface area contributed by atoms with Gasteiger partial charge >= 0.3 is 0 Å². The lowest BCUT2D eigenvalue weighted by Gasteiger charge is -2.31. The molecule has 2 rings (SSSR count). The molecule has 1 fully saturated rings. The van der Waals surface area contributed by atoms with Gasteiger partial charge in [-0.2, -0.15) is 0 Å². The number of carbonyl (C=O) groups excluding carboxylic acids is 1. The van der Waals surface area contributed by atoms with E-state index < -0.39 is 0 Å². The number of nitrogens with zero attached hydrogens (tertiary/aromatic N) is 1. The Kier molecular flexibility index (Phi) is 5.58. The average Bonchev–Trinajstić information content (AvgIpc) is 2.79. The summed E-state index contributed by atoms with van der Waals surface area (Å²) in [5, 5.41) is 17.2. The molecule has 1 atom stereocenters. The zero-order valence-corrected chi connectivity index (χ0v) is 12.4. The molecular weight excluding hydrogens is 272 g/mol. The minimum atomic E-state index is -0.232. The van der Waals surface area contributed by atoms with Gasteiger partial charge in [0.1, 0.15) is 0 Å². The van der Waals surface area contributed by atoms with Crippen molar-refractivity contribution in [2.45, 2.75) is 26.2 Å². The summed E-state index contributed by atoms with van der Waals surface area (Å²) in [5.41, 5.74) is 0.965. The molecule has 0 saturated carbocycles. The SMILES string of the molecule is Cc1[nH][nH]c(=O)c1CC(=O)NCCN1CCC[C@@H](CO)C1. The molecule has 1 aliphatic heterocycles. The van der Waals surface area contributed by atoms with Crippen LogP contribution in [0.1, 0.15) is 24.1 Å². The highest BCUT2D eigenvalue weighted by atomic mass is 16.3. The summed E-state index contributed by atoms with van der Waals surface area (Å²) in [7, 11) is 0. The molecule has 2 heterocycles.